The molecule has 0 saturated heterocycles. The Kier molecular flexibility index (Phi) is 5.03. The Labute approximate surface area is 173 Å². The lowest BCUT2D eigenvalue weighted by atomic mass is 10.1. The van der Waals surface area contributed by atoms with E-state index in [0.29, 0.717) is 53.6 Å². The fourth-order valence-corrected chi connectivity index (χ4v) is 3.79. The number of hydrogen-bond donors (Lipinski definition) is 2. The molecule has 9 nitrogen and oxygen atoms in total. The predicted molar refractivity (Wildman–Crippen MR) is 113 cm³/mol. The lowest BCUT2D eigenvalue weighted by Gasteiger charge is -2.26. The summed E-state index contributed by atoms with van der Waals surface area (Å²) in [6, 6.07) is 4.89. The van der Waals surface area contributed by atoms with E-state index in [4.69, 9.17) is 10.5 Å². The number of carbonyl (C=O) groups is 2. The fraction of sp³-hybridized carbons (Fsp3) is 0.333. The van der Waals surface area contributed by atoms with Gasteiger partial charge in [0.15, 0.2) is 0 Å². The summed E-state index contributed by atoms with van der Waals surface area (Å²) in [4.78, 5) is 29.3. The summed E-state index contributed by atoms with van der Waals surface area (Å²) >= 11 is 0. The first-order valence-electron chi connectivity index (χ1n) is 9.88. The maximum absolute atomic E-state index is 13.1. The first-order valence-corrected chi connectivity index (χ1v) is 9.88. The first kappa shape index (κ1) is 19.7. The van der Waals surface area contributed by atoms with Gasteiger partial charge in [-0.05, 0) is 38.0 Å². The van der Waals surface area contributed by atoms with Crippen LogP contribution in [-0.4, -0.2) is 37.8 Å². The molecule has 0 bridgehead atoms. The standard InChI is InChI=1S/C21H24N6O3/c1-4-6-14-11-30-17-10-13(19(22)28)9-15-18(17)27(14)21(23-15)24-20(29)16-8-12(3)25-26(16)7-5-2/h4,8-10,14H,1,5-7,11H2,2-3H3,(H2,22,28)(H,23,24,29)/t14-/m0/s1. The number of hydrogen-bond acceptors (Lipinski definition) is 5. The van der Waals surface area contributed by atoms with E-state index in [1.165, 1.54) is 0 Å². The van der Waals surface area contributed by atoms with Gasteiger partial charge < -0.3 is 10.5 Å². The summed E-state index contributed by atoms with van der Waals surface area (Å²) in [6.45, 7) is 8.71. The van der Waals surface area contributed by atoms with E-state index in [9.17, 15) is 9.59 Å². The highest BCUT2D eigenvalue weighted by Crippen LogP contribution is 2.38. The minimum Gasteiger partial charge on any atom is -0.489 e. The van der Waals surface area contributed by atoms with Crippen LogP contribution < -0.4 is 15.8 Å². The fourth-order valence-electron chi connectivity index (χ4n) is 3.79. The van der Waals surface area contributed by atoms with Crippen molar-refractivity contribution < 1.29 is 14.3 Å². The van der Waals surface area contributed by atoms with E-state index in [-0.39, 0.29) is 11.9 Å². The zero-order valence-corrected chi connectivity index (χ0v) is 17.0. The van der Waals surface area contributed by atoms with Gasteiger partial charge in [-0.25, -0.2) is 4.98 Å². The van der Waals surface area contributed by atoms with Gasteiger partial charge in [0.25, 0.3) is 5.91 Å². The van der Waals surface area contributed by atoms with Gasteiger partial charge in [0, 0.05) is 12.1 Å². The second-order valence-electron chi connectivity index (χ2n) is 7.35. The molecule has 1 atom stereocenters. The molecule has 1 aliphatic heterocycles. The van der Waals surface area contributed by atoms with Crippen molar-refractivity contribution in [1.29, 1.82) is 0 Å². The van der Waals surface area contributed by atoms with Crippen LogP contribution in [0.4, 0.5) is 5.95 Å². The van der Waals surface area contributed by atoms with Gasteiger partial charge in [0.1, 0.15) is 23.6 Å². The number of primary amides is 1. The highest BCUT2D eigenvalue weighted by molar-refractivity contribution is 6.04. The molecule has 30 heavy (non-hydrogen) atoms. The molecule has 9 heteroatoms. The second kappa shape index (κ2) is 7.66. The minimum atomic E-state index is -0.566. The largest absolute Gasteiger partial charge is 0.489 e. The molecule has 0 unspecified atom stereocenters. The molecular weight excluding hydrogens is 384 g/mol. The van der Waals surface area contributed by atoms with Gasteiger partial charge in [-0.15, -0.1) is 6.58 Å². The van der Waals surface area contributed by atoms with Crippen LogP contribution in [-0.2, 0) is 6.54 Å². The molecule has 0 saturated carbocycles. The maximum atomic E-state index is 13.1. The number of aromatic nitrogens is 4. The van der Waals surface area contributed by atoms with Crippen molar-refractivity contribution in [3.05, 3.63) is 47.8 Å². The Morgan fingerprint density at radius 3 is 2.90 bits per heavy atom. The number of aryl methyl sites for hydroxylation is 2. The quantitative estimate of drug-likeness (QED) is 0.583. The summed E-state index contributed by atoms with van der Waals surface area (Å²) in [7, 11) is 0. The zero-order chi connectivity index (χ0) is 21.4. The van der Waals surface area contributed by atoms with Gasteiger partial charge in [-0.1, -0.05) is 13.0 Å². The van der Waals surface area contributed by atoms with Gasteiger partial charge in [-0.2, -0.15) is 5.10 Å². The topological polar surface area (TPSA) is 117 Å². The van der Waals surface area contributed by atoms with Crippen molar-refractivity contribution in [3.63, 3.8) is 0 Å². The Bertz CT molecular complexity index is 1160. The van der Waals surface area contributed by atoms with Crippen molar-refractivity contribution in [2.75, 3.05) is 11.9 Å². The lowest BCUT2D eigenvalue weighted by molar-refractivity contribution is 0.0995. The number of rotatable bonds is 7. The number of amides is 2. The van der Waals surface area contributed by atoms with Crippen LogP contribution in [0.5, 0.6) is 5.75 Å². The van der Waals surface area contributed by atoms with Gasteiger partial charge in [0.05, 0.1) is 17.3 Å². The molecule has 1 aromatic carbocycles. The number of anilines is 1. The summed E-state index contributed by atoms with van der Waals surface area (Å²) in [5.41, 5.74) is 8.24. The summed E-state index contributed by atoms with van der Waals surface area (Å²) in [5.74, 6) is 0.0385. The third-order valence-electron chi connectivity index (χ3n) is 5.07. The molecule has 4 rings (SSSR count). The van der Waals surface area contributed by atoms with Gasteiger partial charge in [-0.3, -0.25) is 24.2 Å². The SMILES string of the molecule is C=CC[C@H]1COc2cc(C(N)=O)cc3nc(NC(=O)c4cc(C)nn4CCC)n1c23. The maximum Gasteiger partial charge on any atom is 0.276 e. The number of ether oxygens (including phenoxy) is 1. The smallest absolute Gasteiger partial charge is 0.276 e. The molecule has 3 N–H and O–H groups in total. The highest BCUT2D eigenvalue weighted by Gasteiger charge is 2.29. The van der Waals surface area contributed by atoms with Crippen LogP contribution in [0, 0.1) is 6.92 Å². The normalized spacial score (nSPS) is 15.1. The molecule has 1 aliphatic rings. The van der Waals surface area contributed by atoms with Gasteiger partial charge in [0.2, 0.25) is 11.9 Å². The van der Waals surface area contributed by atoms with E-state index in [2.05, 4.69) is 22.0 Å². The zero-order valence-electron chi connectivity index (χ0n) is 17.0. The molecule has 0 spiro atoms. The predicted octanol–water partition coefficient (Wildman–Crippen LogP) is 2.81. The van der Waals surface area contributed by atoms with Crippen molar-refractivity contribution >= 4 is 28.8 Å². The number of imidazole rings is 1. The number of carbonyl (C=O) groups excluding carboxylic acids is 2. The van der Waals surface area contributed by atoms with E-state index < -0.39 is 5.91 Å². The van der Waals surface area contributed by atoms with Crippen LogP contribution >= 0.6 is 0 Å². The number of allylic oxidation sites excluding steroid dienone is 1. The Morgan fingerprint density at radius 1 is 1.40 bits per heavy atom. The second-order valence-corrected chi connectivity index (χ2v) is 7.35. The van der Waals surface area contributed by atoms with E-state index >= 15 is 0 Å². The molecular formula is C21H24N6O3. The van der Waals surface area contributed by atoms with E-state index in [1.807, 2.05) is 18.4 Å². The average molecular weight is 408 g/mol. The number of nitrogens with zero attached hydrogens (tertiary/aromatic N) is 4. The molecule has 156 valence electrons. The van der Waals surface area contributed by atoms with Crippen molar-refractivity contribution in [2.24, 2.45) is 5.73 Å². The summed E-state index contributed by atoms with van der Waals surface area (Å²) in [5, 5.41) is 7.32. The first-order chi connectivity index (χ1) is 14.4. The average Bonchev–Trinajstić information content (AvgIpc) is 3.25. The molecule has 0 aliphatic carbocycles. The minimum absolute atomic E-state index is 0.0861. The van der Waals surface area contributed by atoms with Crippen molar-refractivity contribution in [2.45, 2.75) is 39.3 Å². The van der Waals surface area contributed by atoms with E-state index in [1.54, 1.807) is 29.0 Å². The van der Waals surface area contributed by atoms with E-state index in [0.717, 1.165) is 12.1 Å². The van der Waals surface area contributed by atoms with Crippen LogP contribution in [0.25, 0.3) is 11.0 Å². The molecule has 0 fully saturated rings. The molecule has 0 radical (unpaired) electrons. The molecule has 3 heterocycles. The molecule has 2 aromatic heterocycles. The third kappa shape index (κ3) is 3.32. The van der Waals surface area contributed by atoms with Crippen molar-refractivity contribution in [1.82, 2.24) is 19.3 Å². The lowest BCUT2D eigenvalue weighted by Crippen LogP contribution is -2.26. The van der Waals surface area contributed by atoms with Crippen LogP contribution in [0.3, 0.4) is 0 Å². The number of nitrogens with two attached hydrogens (primary N) is 1. The number of benzene rings is 1. The van der Waals surface area contributed by atoms with Crippen LogP contribution in [0.15, 0.2) is 30.9 Å². The Hall–Kier alpha value is -3.62. The monoisotopic (exact) mass is 408 g/mol. The summed E-state index contributed by atoms with van der Waals surface area (Å²) in [6.07, 6.45) is 3.30. The molecule has 3 aromatic rings. The Morgan fingerprint density at radius 2 is 2.20 bits per heavy atom. The molecule has 2 amide bonds. The van der Waals surface area contributed by atoms with Gasteiger partial charge >= 0.3 is 0 Å². The Balaban J connectivity index is 1.80. The third-order valence-corrected chi connectivity index (χ3v) is 5.07. The van der Waals surface area contributed by atoms with Crippen LogP contribution in [0.1, 0.15) is 52.3 Å². The van der Waals surface area contributed by atoms with Crippen molar-refractivity contribution in [3.8, 4) is 5.75 Å². The highest BCUT2D eigenvalue weighted by atomic mass is 16.5. The summed E-state index contributed by atoms with van der Waals surface area (Å²) < 4.78 is 9.50. The van der Waals surface area contributed by atoms with Crippen LogP contribution in [0.2, 0.25) is 0 Å². The number of nitrogens with one attached hydrogen (secondary N) is 1.